The Hall–Kier alpha value is 0.110. The van der Waals surface area contributed by atoms with E-state index in [1.54, 1.807) is 23.1 Å². The third-order valence-electron chi connectivity index (χ3n) is 1.74. The SMILES string of the molecule is CSc1cc2cc(Cl)c(Cl)cc2s1. The fraction of sp³-hybridized carbons (Fsp3) is 0.111. The number of halogens is 2. The minimum Gasteiger partial charge on any atom is -0.129 e. The van der Waals surface area contributed by atoms with Crippen molar-refractivity contribution in [2.45, 2.75) is 4.21 Å². The van der Waals surface area contributed by atoms with Crippen molar-refractivity contribution in [1.29, 1.82) is 0 Å². The van der Waals surface area contributed by atoms with Crippen LogP contribution in [-0.4, -0.2) is 6.26 Å². The molecule has 0 spiro atoms. The van der Waals surface area contributed by atoms with Crippen LogP contribution in [0.4, 0.5) is 0 Å². The summed E-state index contributed by atoms with van der Waals surface area (Å²) in [7, 11) is 0. The lowest BCUT2D eigenvalue weighted by molar-refractivity contribution is 1.76. The molecular formula is C9H6Cl2S2. The van der Waals surface area contributed by atoms with E-state index in [1.807, 2.05) is 12.1 Å². The second-order valence-corrected chi connectivity index (χ2v) is 5.58. The monoisotopic (exact) mass is 248 g/mol. The molecule has 0 aliphatic heterocycles. The van der Waals surface area contributed by atoms with Crippen molar-refractivity contribution in [3.63, 3.8) is 0 Å². The normalized spacial score (nSPS) is 11.0. The van der Waals surface area contributed by atoms with Crippen LogP contribution < -0.4 is 0 Å². The molecule has 0 saturated carbocycles. The van der Waals surface area contributed by atoms with Gasteiger partial charge in [0, 0.05) is 4.70 Å². The summed E-state index contributed by atoms with van der Waals surface area (Å²) in [4.78, 5) is 0. The summed E-state index contributed by atoms with van der Waals surface area (Å²) in [5, 5.41) is 2.42. The number of hydrogen-bond acceptors (Lipinski definition) is 2. The first-order valence-electron chi connectivity index (χ1n) is 3.63. The lowest BCUT2D eigenvalue weighted by Crippen LogP contribution is -1.66. The van der Waals surface area contributed by atoms with Crippen LogP contribution in [-0.2, 0) is 0 Å². The zero-order valence-corrected chi connectivity index (χ0v) is 9.95. The summed E-state index contributed by atoms with van der Waals surface area (Å²) in [6, 6.07) is 5.96. The van der Waals surface area contributed by atoms with Gasteiger partial charge in [-0.25, -0.2) is 0 Å². The topological polar surface area (TPSA) is 0 Å². The first-order valence-corrected chi connectivity index (χ1v) is 6.43. The molecule has 1 aromatic carbocycles. The van der Waals surface area contributed by atoms with Crippen molar-refractivity contribution in [1.82, 2.24) is 0 Å². The van der Waals surface area contributed by atoms with Gasteiger partial charge in [0.05, 0.1) is 14.3 Å². The number of thioether (sulfide) groups is 1. The molecule has 0 aliphatic rings. The number of benzene rings is 1. The first-order chi connectivity index (χ1) is 6.20. The highest BCUT2D eigenvalue weighted by Gasteiger charge is 2.04. The number of thiophene rings is 1. The van der Waals surface area contributed by atoms with Crippen LogP contribution in [0.3, 0.4) is 0 Å². The van der Waals surface area contributed by atoms with Gasteiger partial charge < -0.3 is 0 Å². The van der Waals surface area contributed by atoms with Gasteiger partial charge in [-0.15, -0.1) is 23.1 Å². The Kier molecular flexibility index (Phi) is 2.75. The Labute approximate surface area is 94.8 Å². The molecule has 4 heteroatoms. The van der Waals surface area contributed by atoms with Gasteiger partial charge in [0.15, 0.2) is 0 Å². The molecule has 1 heterocycles. The maximum atomic E-state index is 5.91. The molecule has 0 radical (unpaired) electrons. The van der Waals surface area contributed by atoms with E-state index in [-0.39, 0.29) is 0 Å². The van der Waals surface area contributed by atoms with Crippen LogP contribution in [0.5, 0.6) is 0 Å². The predicted octanol–water partition coefficient (Wildman–Crippen LogP) is 4.93. The van der Waals surface area contributed by atoms with E-state index in [1.165, 1.54) is 14.3 Å². The highest BCUT2D eigenvalue weighted by atomic mass is 35.5. The summed E-state index contributed by atoms with van der Waals surface area (Å²) in [5.41, 5.74) is 0. The average Bonchev–Trinajstić information content (AvgIpc) is 2.48. The van der Waals surface area contributed by atoms with E-state index in [2.05, 4.69) is 12.3 Å². The number of rotatable bonds is 1. The highest BCUT2D eigenvalue weighted by Crippen LogP contribution is 2.36. The van der Waals surface area contributed by atoms with Crippen molar-refractivity contribution in [3.05, 3.63) is 28.2 Å². The molecule has 0 bridgehead atoms. The minimum atomic E-state index is 0.625. The van der Waals surface area contributed by atoms with Crippen molar-refractivity contribution in [3.8, 4) is 0 Å². The van der Waals surface area contributed by atoms with Gasteiger partial charge in [0.25, 0.3) is 0 Å². The molecule has 2 aromatic rings. The standard InChI is InChI=1S/C9H6Cl2S2/c1-12-9-3-5-2-6(10)7(11)4-8(5)13-9/h2-4H,1H3. The Morgan fingerprint density at radius 1 is 1.15 bits per heavy atom. The molecule has 0 nitrogen and oxygen atoms in total. The molecule has 0 unspecified atom stereocenters. The van der Waals surface area contributed by atoms with Crippen LogP contribution in [0.1, 0.15) is 0 Å². The van der Waals surface area contributed by atoms with Crippen molar-refractivity contribution < 1.29 is 0 Å². The largest absolute Gasteiger partial charge is 0.129 e. The van der Waals surface area contributed by atoms with Gasteiger partial charge in [-0.05, 0) is 29.8 Å². The molecule has 0 fully saturated rings. The van der Waals surface area contributed by atoms with Crippen molar-refractivity contribution >= 4 is 56.4 Å². The maximum Gasteiger partial charge on any atom is 0.0608 e. The summed E-state index contributed by atoms with van der Waals surface area (Å²) in [6.07, 6.45) is 2.06. The molecule has 0 amide bonds. The second kappa shape index (κ2) is 3.70. The van der Waals surface area contributed by atoms with E-state index in [0.29, 0.717) is 10.0 Å². The smallest absolute Gasteiger partial charge is 0.0608 e. The summed E-state index contributed by atoms with van der Waals surface area (Å²) in [6.45, 7) is 0. The van der Waals surface area contributed by atoms with Gasteiger partial charge in [0.2, 0.25) is 0 Å². The molecular weight excluding hydrogens is 243 g/mol. The number of hydrogen-bond donors (Lipinski definition) is 0. The van der Waals surface area contributed by atoms with Crippen LogP contribution in [0.25, 0.3) is 10.1 Å². The van der Waals surface area contributed by atoms with Crippen LogP contribution in [0.2, 0.25) is 10.0 Å². The Bertz CT molecular complexity index is 409. The van der Waals surface area contributed by atoms with Crippen molar-refractivity contribution in [2.75, 3.05) is 6.26 Å². The fourth-order valence-corrected chi connectivity index (χ4v) is 3.17. The van der Waals surface area contributed by atoms with Gasteiger partial charge in [0.1, 0.15) is 0 Å². The summed E-state index contributed by atoms with van der Waals surface area (Å²) in [5.74, 6) is 0. The number of fused-ring (bicyclic) bond motifs is 1. The molecule has 1 aromatic heterocycles. The quantitative estimate of drug-likeness (QED) is 0.646. The Balaban J connectivity index is 2.70. The van der Waals surface area contributed by atoms with Gasteiger partial charge in [-0.1, -0.05) is 23.2 Å². The second-order valence-electron chi connectivity index (χ2n) is 2.57. The fourth-order valence-electron chi connectivity index (χ4n) is 1.11. The van der Waals surface area contributed by atoms with E-state index in [0.717, 1.165) is 0 Å². The molecule has 13 heavy (non-hydrogen) atoms. The Morgan fingerprint density at radius 3 is 2.54 bits per heavy atom. The minimum absolute atomic E-state index is 0.625. The summed E-state index contributed by atoms with van der Waals surface area (Å²) >= 11 is 15.3. The lowest BCUT2D eigenvalue weighted by atomic mass is 10.3. The molecule has 0 N–H and O–H groups in total. The van der Waals surface area contributed by atoms with Gasteiger partial charge >= 0.3 is 0 Å². The predicted molar refractivity (Wildman–Crippen MR) is 63.6 cm³/mol. The zero-order valence-electron chi connectivity index (χ0n) is 6.80. The lowest BCUT2D eigenvalue weighted by Gasteiger charge is -1.93. The van der Waals surface area contributed by atoms with E-state index in [9.17, 15) is 0 Å². The van der Waals surface area contributed by atoms with Crippen LogP contribution in [0, 0.1) is 0 Å². The third kappa shape index (κ3) is 1.82. The molecule has 0 saturated heterocycles. The average molecular weight is 249 g/mol. The van der Waals surface area contributed by atoms with Crippen LogP contribution in [0.15, 0.2) is 22.4 Å². The van der Waals surface area contributed by atoms with Crippen LogP contribution >= 0.6 is 46.3 Å². The highest BCUT2D eigenvalue weighted by molar-refractivity contribution is 8.00. The zero-order chi connectivity index (χ0) is 9.42. The van der Waals surface area contributed by atoms with E-state index >= 15 is 0 Å². The Morgan fingerprint density at radius 2 is 1.85 bits per heavy atom. The van der Waals surface area contributed by atoms with Crippen molar-refractivity contribution in [2.24, 2.45) is 0 Å². The first kappa shape index (κ1) is 9.66. The maximum absolute atomic E-state index is 5.91. The third-order valence-corrected chi connectivity index (χ3v) is 4.62. The molecule has 68 valence electrons. The van der Waals surface area contributed by atoms with E-state index in [4.69, 9.17) is 23.2 Å². The molecule has 0 atom stereocenters. The summed E-state index contributed by atoms with van der Waals surface area (Å²) < 4.78 is 2.48. The molecule has 0 aliphatic carbocycles. The van der Waals surface area contributed by atoms with Gasteiger partial charge in [-0.2, -0.15) is 0 Å². The van der Waals surface area contributed by atoms with Gasteiger partial charge in [-0.3, -0.25) is 0 Å². The van der Waals surface area contributed by atoms with E-state index < -0.39 is 0 Å². The molecule has 2 rings (SSSR count).